The summed E-state index contributed by atoms with van der Waals surface area (Å²) in [5.41, 5.74) is 5.44. The number of rotatable bonds is 2. The van der Waals surface area contributed by atoms with Gasteiger partial charge in [-0.2, -0.15) is 0 Å². The Morgan fingerprint density at radius 1 is 1.54 bits per heavy atom. The summed E-state index contributed by atoms with van der Waals surface area (Å²) < 4.78 is 0. The SMILES string of the molecule is Cc1ccc([N+](=O)[O-])c(C(N)=O)c1. The van der Waals surface area contributed by atoms with Crippen LogP contribution in [0, 0.1) is 17.0 Å². The minimum absolute atomic E-state index is 0.0509. The normalized spacial score (nSPS) is 9.62. The van der Waals surface area contributed by atoms with E-state index in [1.54, 1.807) is 13.0 Å². The lowest BCUT2D eigenvalue weighted by Crippen LogP contribution is -2.13. The van der Waals surface area contributed by atoms with Gasteiger partial charge in [0.15, 0.2) is 0 Å². The fourth-order valence-electron chi connectivity index (χ4n) is 1.01. The van der Waals surface area contributed by atoms with Gasteiger partial charge < -0.3 is 5.73 Å². The maximum absolute atomic E-state index is 10.8. The average molecular weight is 180 g/mol. The maximum atomic E-state index is 10.8. The number of hydrogen-bond acceptors (Lipinski definition) is 3. The summed E-state index contributed by atoms with van der Waals surface area (Å²) in [5, 5.41) is 10.4. The Morgan fingerprint density at radius 2 is 2.15 bits per heavy atom. The Hall–Kier alpha value is -1.91. The first kappa shape index (κ1) is 9.18. The molecule has 1 amide bonds. The Morgan fingerprint density at radius 3 is 2.62 bits per heavy atom. The van der Waals surface area contributed by atoms with E-state index in [-0.39, 0.29) is 11.3 Å². The number of carbonyl (C=O) groups excluding carboxylic acids is 1. The van der Waals surface area contributed by atoms with Crippen LogP contribution in [0.1, 0.15) is 15.9 Å². The molecular formula is C8H8N2O3. The quantitative estimate of drug-likeness (QED) is 0.544. The van der Waals surface area contributed by atoms with E-state index in [1.807, 2.05) is 0 Å². The molecule has 0 saturated carbocycles. The topological polar surface area (TPSA) is 86.2 Å². The molecule has 0 unspecified atom stereocenters. The van der Waals surface area contributed by atoms with E-state index in [0.29, 0.717) is 0 Å². The van der Waals surface area contributed by atoms with E-state index < -0.39 is 10.8 Å². The zero-order valence-corrected chi connectivity index (χ0v) is 6.98. The van der Waals surface area contributed by atoms with Crippen LogP contribution < -0.4 is 5.73 Å². The Bertz CT molecular complexity index is 374. The number of nitrogens with zero attached hydrogens (tertiary/aromatic N) is 1. The molecule has 1 aromatic carbocycles. The van der Waals surface area contributed by atoms with Gasteiger partial charge >= 0.3 is 0 Å². The van der Waals surface area contributed by atoms with E-state index in [4.69, 9.17) is 5.73 Å². The van der Waals surface area contributed by atoms with Crippen LogP contribution in [0.25, 0.3) is 0 Å². The molecule has 5 nitrogen and oxygen atoms in total. The lowest BCUT2D eigenvalue weighted by atomic mass is 10.1. The fourth-order valence-corrected chi connectivity index (χ4v) is 1.01. The summed E-state index contributed by atoms with van der Waals surface area (Å²) >= 11 is 0. The molecule has 0 saturated heterocycles. The van der Waals surface area contributed by atoms with Crippen LogP contribution >= 0.6 is 0 Å². The van der Waals surface area contributed by atoms with Gasteiger partial charge in [-0.25, -0.2) is 0 Å². The smallest absolute Gasteiger partial charge is 0.282 e. The highest BCUT2D eigenvalue weighted by Gasteiger charge is 2.17. The summed E-state index contributed by atoms with van der Waals surface area (Å²) in [4.78, 5) is 20.6. The number of carbonyl (C=O) groups is 1. The number of benzene rings is 1. The van der Waals surface area contributed by atoms with Crippen LogP contribution in [0.4, 0.5) is 5.69 Å². The van der Waals surface area contributed by atoms with Gasteiger partial charge in [-0.1, -0.05) is 6.07 Å². The molecule has 0 fully saturated rings. The molecule has 0 radical (unpaired) electrons. The van der Waals surface area contributed by atoms with Crippen molar-refractivity contribution >= 4 is 11.6 Å². The van der Waals surface area contributed by atoms with Crippen molar-refractivity contribution in [3.8, 4) is 0 Å². The van der Waals surface area contributed by atoms with Crippen LogP contribution in [0.5, 0.6) is 0 Å². The molecular weight excluding hydrogens is 172 g/mol. The Kier molecular flexibility index (Phi) is 2.27. The van der Waals surface area contributed by atoms with Gasteiger partial charge in [0.05, 0.1) is 4.92 Å². The molecule has 0 spiro atoms. The standard InChI is InChI=1S/C8H8N2O3/c1-5-2-3-7(10(12)13)6(4-5)8(9)11/h2-4H,1H3,(H2,9,11). The average Bonchev–Trinajstić information content (AvgIpc) is 2.03. The predicted octanol–water partition coefficient (Wildman–Crippen LogP) is 1.00. The number of primary amides is 1. The van der Waals surface area contributed by atoms with Crippen molar-refractivity contribution in [1.82, 2.24) is 0 Å². The first-order valence-electron chi connectivity index (χ1n) is 3.57. The largest absolute Gasteiger partial charge is 0.365 e. The zero-order chi connectivity index (χ0) is 10.0. The predicted molar refractivity (Wildman–Crippen MR) is 46.4 cm³/mol. The van der Waals surface area contributed by atoms with Crippen LogP contribution in [0.3, 0.4) is 0 Å². The van der Waals surface area contributed by atoms with E-state index in [1.165, 1.54) is 12.1 Å². The summed E-state index contributed by atoms with van der Waals surface area (Å²) in [6.45, 7) is 1.73. The van der Waals surface area contributed by atoms with Gasteiger partial charge in [0.25, 0.3) is 11.6 Å². The van der Waals surface area contributed by atoms with Gasteiger partial charge in [-0.05, 0) is 18.6 Å². The number of aryl methyl sites for hydroxylation is 1. The number of nitrogens with two attached hydrogens (primary N) is 1. The first-order chi connectivity index (χ1) is 6.02. The van der Waals surface area contributed by atoms with Gasteiger partial charge in [0, 0.05) is 6.07 Å². The highest BCUT2D eigenvalue weighted by molar-refractivity contribution is 5.97. The van der Waals surface area contributed by atoms with Crippen molar-refractivity contribution in [3.63, 3.8) is 0 Å². The van der Waals surface area contributed by atoms with Crippen LogP contribution in [0.2, 0.25) is 0 Å². The van der Waals surface area contributed by atoms with E-state index >= 15 is 0 Å². The van der Waals surface area contributed by atoms with Crippen LogP contribution in [-0.2, 0) is 0 Å². The van der Waals surface area contributed by atoms with Crippen molar-refractivity contribution in [2.45, 2.75) is 6.92 Å². The maximum Gasteiger partial charge on any atom is 0.282 e. The first-order valence-corrected chi connectivity index (χ1v) is 3.57. The third-order valence-corrected chi connectivity index (χ3v) is 1.61. The van der Waals surface area contributed by atoms with Gasteiger partial charge in [-0.3, -0.25) is 14.9 Å². The molecule has 68 valence electrons. The van der Waals surface area contributed by atoms with Gasteiger partial charge in [0.1, 0.15) is 5.56 Å². The lowest BCUT2D eigenvalue weighted by Gasteiger charge is -1.99. The van der Waals surface area contributed by atoms with Crippen molar-refractivity contribution in [2.75, 3.05) is 0 Å². The second-order valence-electron chi connectivity index (χ2n) is 2.64. The third kappa shape index (κ3) is 1.81. The third-order valence-electron chi connectivity index (χ3n) is 1.61. The monoisotopic (exact) mass is 180 g/mol. The number of nitro groups is 1. The number of amides is 1. The van der Waals surface area contributed by atoms with Gasteiger partial charge in [-0.15, -0.1) is 0 Å². The van der Waals surface area contributed by atoms with Crippen molar-refractivity contribution in [2.24, 2.45) is 5.73 Å². The van der Waals surface area contributed by atoms with Crippen molar-refractivity contribution < 1.29 is 9.72 Å². The Balaban J connectivity index is 3.35. The summed E-state index contributed by atoms with van der Waals surface area (Å²) in [6, 6.07) is 4.24. The minimum atomic E-state index is -0.782. The van der Waals surface area contributed by atoms with E-state index in [9.17, 15) is 14.9 Å². The summed E-state index contributed by atoms with van der Waals surface area (Å²) in [7, 11) is 0. The molecule has 0 aromatic heterocycles. The zero-order valence-electron chi connectivity index (χ0n) is 6.98. The number of nitro benzene ring substituents is 1. The molecule has 0 atom stereocenters. The number of hydrogen-bond donors (Lipinski definition) is 1. The highest BCUT2D eigenvalue weighted by Crippen LogP contribution is 2.18. The molecule has 13 heavy (non-hydrogen) atoms. The molecule has 1 rings (SSSR count). The Labute approximate surface area is 74.3 Å². The summed E-state index contributed by atoms with van der Waals surface area (Å²) in [5.74, 6) is -0.782. The fraction of sp³-hybridized carbons (Fsp3) is 0.125. The summed E-state index contributed by atoms with van der Waals surface area (Å²) in [6.07, 6.45) is 0. The molecule has 0 aliphatic heterocycles. The molecule has 0 heterocycles. The van der Waals surface area contributed by atoms with Crippen molar-refractivity contribution in [1.29, 1.82) is 0 Å². The van der Waals surface area contributed by atoms with Gasteiger partial charge in [0.2, 0.25) is 0 Å². The van der Waals surface area contributed by atoms with Crippen LogP contribution in [0.15, 0.2) is 18.2 Å². The van der Waals surface area contributed by atoms with Crippen molar-refractivity contribution in [3.05, 3.63) is 39.4 Å². The highest BCUT2D eigenvalue weighted by atomic mass is 16.6. The molecule has 2 N–H and O–H groups in total. The van der Waals surface area contributed by atoms with E-state index in [0.717, 1.165) is 5.56 Å². The second kappa shape index (κ2) is 3.22. The van der Waals surface area contributed by atoms with Crippen LogP contribution in [-0.4, -0.2) is 10.8 Å². The van der Waals surface area contributed by atoms with E-state index in [2.05, 4.69) is 0 Å². The molecule has 0 aliphatic rings. The molecule has 5 heteroatoms. The molecule has 0 bridgehead atoms. The minimum Gasteiger partial charge on any atom is -0.365 e. The molecule has 1 aromatic rings. The molecule has 0 aliphatic carbocycles. The lowest BCUT2D eigenvalue weighted by molar-refractivity contribution is -0.385. The second-order valence-corrected chi connectivity index (χ2v) is 2.64.